The Labute approximate surface area is 71.1 Å². The van der Waals surface area contributed by atoms with Gasteiger partial charge in [-0.1, -0.05) is 0 Å². The minimum atomic E-state index is 0.683. The van der Waals surface area contributed by atoms with Crippen LogP contribution < -0.4 is 5.43 Å². The molecule has 0 aliphatic rings. The van der Waals surface area contributed by atoms with E-state index in [1.54, 1.807) is 18.6 Å². The van der Waals surface area contributed by atoms with Gasteiger partial charge in [0.25, 0.3) is 0 Å². The molecule has 5 heteroatoms. The van der Waals surface area contributed by atoms with Crippen LogP contribution in [0.25, 0.3) is 0 Å². The lowest BCUT2D eigenvalue weighted by atomic mass is 10.6. The highest BCUT2D eigenvalue weighted by Crippen LogP contribution is 1.96. The number of hydrazone groups is 1. The van der Waals surface area contributed by atoms with Crippen molar-refractivity contribution in [3.63, 3.8) is 0 Å². The SMILES string of the molecule is CN(C)C=NNc1ccncn1. The molecule has 0 spiro atoms. The van der Waals surface area contributed by atoms with Gasteiger partial charge < -0.3 is 4.90 Å². The Morgan fingerprint density at radius 3 is 3.00 bits per heavy atom. The lowest BCUT2D eigenvalue weighted by Gasteiger charge is -2.02. The maximum absolute atomic E-state index is 3.92. The molecule has 0 saturated heterocycles. The molecule has 1 N–H and O–H groups in total. The molecule has 0 aliphatic carbocycles. The molecule has 0 amide bonds. The first kappa shape index (κ1) is 8.45. The summed E-state index contributed by atoms with van der Waals surface area (Å²) in [5, 5.41) is 3.90. The number of rotatable bonds is 3. The van der Waals surface area contributed by atoms with Crippen LogP contribution in [-0.2, 0) is 0 Å². The van der Waals surface area contributed by atoms with Gasteiger partial charge in [0, 0.05) is 26.4 Å². The van der Waals surface area contributed by atoms with Gasteiger partial charge in [-0.25, -0.2) is 9.97 Å². The van der Waals surface area contributed by atoms with E-state index in [2.05, 4.69) is 20.5 Å². The Morgan fingerprint density at radius 2 is 2.42 bits per heavy atom. The van der Waals surface area contributed by atoms with E-state index in [0.717, 1.165) is 0 Å². The van der Waals surface area contributed by atoms with Crippen LogP contribution in [0.2, 0.25) is 0 Å². The van der Waals surface area contributed by atoms with Crippen LogP contribution in [0.4, 0.5) is 5.82 Å². The van der Waals surface area contributed by atoms with E-state index < -0.39 is 0 Å². The molecule has 0 unspecified atom stereocenters. The Morgan fingerprint density at radius 1 is 1.58 bits per heavy atom. The summed E-state index contributed by atoms with van der Waals surface area (Å²) in [5.74, 6) is 0.683. The fourth-order valence-corrected chi connectivity index (χ4v) is 0.567. The van der Waals surface area contributed by atoms with Crippen molar-refractivity contribution >= 4 is 12.2 Å². The Balaban J connectivity index is 2.43. The molecule has 0 aromatic carbocycles. The van der Waals surface area contributed by atoms with Gasteiger partial charge in [0.1, 0.15) is 18.5 Å². The summed E-state index contributed by atoms with van der Waals surface area (Å²) in [5.41, 5.74) is 2.75. The smallest absolute Gasteiger partial charge is 0.149 e. The Bertz CT molecular complexity index is 243. The van der Waals surface area contributed by atoms with Crippen LogP contribution in [-0.4, -0.2) is 35.3 Å². The third kappa shape index (κ3) is 2.96. The second-order valence-corrected chi connectivity index (χ2v) is 2.41. The largest absolute Gasteiger partial charge is 0.367 e. The number of anilines is 1. The highest BCUT2D eigenvalue weighted by molar-refractivity contribution is 5.55. The van der Waals surface area contributed by atoms with Crippen molar-refractivity contribution in [2.75, 3.05) is 19.5 Å². The van der Waals surface area contributed by atoms with Crippen molar-refractivity contribution in [1.29, 1.82) is 0 Å². The summed E-state index contributed by atoms with van der Waals surface area (Å²) in [6.45, 7) is 0. The van der Waals surface area contributed by atoms with E-state index >= 15 is 0 Å². The molecule has 0 bridgehead atoms. The fraction of sp³-hybridized carbons (Fsp3) is 0.286. The lowest BCUT2D eigenvalue weighted by Crippen LogP contribution is -2.09. The van der Waals surface area contributed by atoms with Crippen LogP contribution in [0.3, 0.4) is 0 Å². The normalized spacial score (nSPS) is 10.2. The molecule has 0 aliphatic heterocycles. The van der Waals surface area contributed by atoms with Crippen LogP contribution in [0.1, 0.15) is 0 Å². The topological polar surface area (TPSA) is 53.4 Å². The predicted molar refractivity (Wildman–Crippen MR) is 47.8 cm³/mol. The Kier molecular flexibility index (Phi) is 3.01. The molecule has 1 rings (SSSR count). The van der Waals surface area contributed by atoms with E-state index in [1.807, 2.05) is 19.0 Å². The molecule has 5 nitrogen and oxygen atoms in total. The molecule has 1 heterocycles. The van der Waals surface area contributed by atoms with Crippen molar-refractivity contribution in [3.05, 3.63) is 18.6 Å². The molecule has 0 saturated carbocycles. The van der Waals surface area contributed by atoms with E-state index in [-0.39, 0.29) is 0 Å². The van der Waals surface area contributed by atoms with Gasteiger partial charge in [-0.15, -0.1) is 0 Å². The number of nitrogens with one attached hydrogen (secondary N) is 1. The first-order chi connectivity index (χ1) is 5.79. The summed E-state index contributed by atoms with van der Waals surface area (Å²) < 4.78 is 0. The van der Waals surface area contributed by atoms with E-state index in [0.29, 0.717) is 5.82 Å². The zero-order valence-electron chi connectivity index (χ0n) is 7.10. The quantitative estimate of drug-likeness (QED) is 0.400. The summed E-state index contributed by atoms with van der Waals surface area (Å²) in [6, 6.07) is 1.74. The molecule has 0 radical (unpaired) electrons. The minimum absolute atomic E-state index is 0.683. The maximum atomic E-state index is 3.92. The number of nitrogens with zero attached hydrogens (tertiary/aromatic N) is 4. The average Bonchev–Trinajstić information content (AvgIpc) is 2.05. The maximum Gasteiger partial charge on any atom is 0.149 e. The van der Waals surface area contributed by atoms with Crippen molar-refractivity contribution in [2.24, 2.45) is 5.10 Å². The number of aromatic nitrogens is 2. The molecule has 12 heavy (non-hydrogen) atoms. The highest BCUT2D eigenvalue weighted by Gasteiger charge is 1.85. The fourth-order valence-electron chi connectivity index (χ4n) is 0.567. The van der Waals surface area contributed by atoms with Crippen LogP contribution in [0.15, 0.2) is 23.7 Å². The van der Waals surface area contributed by atoms with Crippen molar-refractivity contribution in [2.45, 2.75) is 0 Å². The van der Waals surface area contributed by atoms with Gasteiger partial charge in [-0.3, -0.25) is 5.43 Å². The predicted octanol–water partition coefficient (Wildman–Crippen LogP) is 0.393. The molecule has 0 fully saturated rings. The zero-order chi connectivity index (χ0) is 8.81. The van der Waals surface area contributed by atoms with Crippen molar-refractivity contribution in [3.8, 4) is 0 Å². The number of hydrogen-bond acceptors (Lipinski definition) is 4. The van der Waals surface area contributed by atoms with E-state index in [9.17, 15) is 0 Å². The van der Waals surface area contributed by atoms with Gasteiger partial charge in [0.15, 0.2) is 0 Å². The first-order valence-electron chi connectivity index (χ1n) is 3.50. The molecular formula is C7H11N5. The third-order valence-corrected chi connectivity index (χ3v) is 1.05. The second kappa shape index (κ2) is 4.27. The van der Waals surface area contributed by atoms with Crippen LogP contribution >= 0.6 is 0 Å². The molecular weight excluding hydrogens is 154 g/mol. The Hall–Kier alpha value is -1.65. The average molecular weight is 165 g/mol. The monoisotopic (exact) mass is 165 g/mol. The summed E-state index contributed by atoms with van der Waals surface area (Å²) in [6.07, 6.45) is 4.77. The van der Waals surface area contributed by atoms with Crippen molar-refractivity contribution < 1.29 is 0 Å². The standard InChI is InChI=1S/C7H11N5/c1-12(2)6-10-11-7-3-4-8-5-9-7/h3-6H,1-2H3,(H,8,9,11). The third-order valence-electron chi connectivity index (χ3n) is 1.05. The van der Waals surface area contributed by atoms with E-state index in [4.69, 9.17) is 0 Å². The number of hydrogen-bond donors (Lipinski definition) is 1. The van der Waals surface area contributed by atoms with E-state index in [1.165, 1.54) is 6.33 Å². The van der Waals surface area contributed by atoms with Crippen LogP contribution in [0, 0.1) is 0 Å². The first-order valence-corrected chi connectivity index (χ1v) is 3.50. The van der Waals surface area contributed by atoms with Crippen LogP contribution in [0.5, 0.6) is 0 Å². The van der Waals surface area contributed by atoms with Gasteiger partial charge >= 0.3 is 0 Å². The summed E-state index contributed by atoms with van der Waals surface area (Å²) >= 11 is 0. The summed E-state index contributed by atoms with van der Waals surface area (Å²) in [7, 11) is 3.79. The van der Waals surface area contributed by atoms with Gasteiger partial charge in [-0.2, -0.15) is 5.10 Å². The van der Waals surface area contributed by atoms with Gasteiger partial charge in [0.2, 0.25) is 0 Å². The molecule has 1 aromatic rings. The zero-order valence-corrected chi connectivity index (χ0v) is 7.10. The lowest BCUT2D eigenvalue weighted by molar-refractivity contribution is 0.641. The second-order valence-electron chi connectivity index (χ2n) is 2.41. The van der Waals surface area contributed by atoms with Crippen molar-refractivity contribution in [1.82, 2.24) is 14.9 Å². The van der Waals surface area contributed by atoms with Gasteiger partial charge in [-0.05, 0) is 0 Å². The molecule has 64 valence electrons. The molecule has 1 aromatic heterocycles. The van der Waals surface area contributed by atoms with Gasteiger partial charge in [0.05, 0.1) is 0 Å². The summed E-state index contributed by atoms with van der Waals surface area (Å²) in [4.78, 5) is 9.52. The minimum Gasteiger partial charge on any atom is -0.367 e. The molecule has 0 atom stereocenters. The highest BCUT2D eigenvalue weighted by atomic mass is 15.3.